The largest absolute Gasteiger partial charge is 0.379 e. The summed E-state index contributed by atoms with van der Waals surface area (Å²) >= 11 is 1.48. The van der Waals surface area contributed by atoms with E-state index in [0.717, 1.165) is 4.88 Å². The number of carbonyl (C=O) groups is 2. The Morgan fingerprint density at radius 1 is 1.12 bits per heavy atom. The number of nitrogens with zero attached hydrogens (tertiary/aromatic N) is 3. The maximum atomic E-state index is 12.8. The minimum atomic E-state index is -3.74. The summed E-state index contributed by atoms with van der Waals surface area (Å²) < 4.78 is 37.2. The highest BCUT2D eigenvalue weighted by molar-refractivity contribution is 7.89. The molecule has 174 valence electrons. The summed E-state index contributed by atoms with van der Waals surface area (Å²) in [5.74, 6) is -0.335. The lowest BCUT2D eigenvalue weighted by molar-refractivity contribution is -0.121. The Hall–Kier alpha value is -3.13. The Labute approximate surface area is 193 Å². The fourth-order valence-electron chi connectivity index (χ4n) is 3.08. The zero-order valence-corrected chi connectivity index (χ0v) is 19.0. The summed E-state index contributed by atoms with van der Waals surface area (Å²) in [7, 11) is -3.74. The summed E-state index contributed by atoms with van der Waals surface area (Å²) in [5.41, 5.74) is 4.69. The van der Waals surface area contributed by atoms with Crippen molar-refractivity contribution >= 4 is 33.2 Å². The predicted octanol–water partition coefficient (Wildman–Crippen LogP) is 1.21. The third-order valence-electron chi connectivity index (χ3n) is 4.80. The lowest BCUT2D eigenvalue weighted by Crippen LogP contribution is -2.42. The van der Waals surface area contributed by atoms with E-state index in [0.29, 0.717) is 24.9 Å². The molecule has 0 aliphatic carbocycles. The van der Waals surface area contributed by atoms with Gasteiger partial charge in [-0.1, -0.05) is 17.3 Å². The van der Waals surface area contributed by atoms with Gasteiger partial charge in [-0.3, -0.25) is 20.4 Å². The van der Waals surface area contributed by atoms with Crippen molar-refractivity contribution in [3.63, 3.8) is 0 Å². The van der Waals surface area contributed by atoms with E-state index in [1.165, 1.54) is 39.9 Å². The van der Waals surface area contributed by atoms with Gasteiger partial charge in [0.15, 0.2) is 0 Å². The van der Waals surface area contributed by atoms with Gasteiger partial charge in [0, 0.05) is 31.5 Å². The third-order valence-corrected chi connectivity index (χ3v) is 7.56. The van der Waals surface area contributed by atoms with Crippen molar-refractivity contribution in [2.75, 3.05) is 26.3 Å². The van der Waals surface area contributed by atoms with Gasteiger partial charge in [0.1, 0.15) is 0 Å². The zero-order chi connectivity index (χ0) is 23.3. The fraction of sp³-hybridized carbons (Fsp3) is 0.300. The summed E-state index contributed by atoms with van der Waals surface area (Å²) in [6.07, 6.45) is 0.213. The van der Waals surface area contributed by atoms with Crippen molar-refractivity contribution in [1.29, 1.82) is 0 Å². The smallest absolute Gasteiger partial charge is 0.269 e. The molecule has 0 unspecified atom stereocenters. The Kier molecular flexibility index (Phi) is 7.13. The van der Waals surface area contributed by atoms with E-state index in [1.54, 1.807) is 0 Å². The highest BCUT2D eigenvalue weighted by Crippen LogP contribution is 2.21. The molecule has 1 aliphatic heterocycles. The summed E-state index contributed by atoms with van der Waals surface area (Å²) in [6.45, 7) is 1.15. The molecule has 0 bridgehead atoms. The van der Waals surface area contributed by atoms with Crippen LogP contribution in [0.25, 0.3) is 10.7 Å². The number of nitrogens with one attached hydrogen (secondary N) is 2. The Morgan fingerprint density at radius 2 is 1.94 bits per heavy atom. The van der Waals surface area contributed by atoms with Crippen molar-refractivity contribution in [1.82, 2.24) is 25.3 Å². The lowest BCUT2D eigenvalue weighted by Gasteiger charge is -2.26. The quantitative estimate of drug-likeness (QED) is 0.470. The molecule has 1 fully saturated rings. The Morgan fingerprint density at radius 3 is 2.70 bits per heavy atom. The van der Waals surface area contributed by atoms with Crippen LogP contribution in [0.1, 0.15) is 22.7 Å². The second-order valence-corrected chi connectivity index (χ2v) is 9.92. The van der Waals surface area contributed by atoms with E-state index in [-0.39, 0.29) is 36.4 Å². The third kappa shape index (κ3) is 5.63. The number of carbonyl (C=O) groups excluding carboxylic acids is 2. The van der Waals surface area contributed by atoms with Gasteiger partial charge >= 0.3 is 0 Å². The van der Waals surface area contributed by atoms with Crippen LogP contribution in [0.5, 0.6) is 0 Å². The predicted molar refractivity (Wildman–Crippen MR) is 118 cm³/mol. The van der Waals surface area contributed by atoms with Crippen LogP contribution in [0.15, 0.2) is 51.2 Å². The van der Waals surface area contributed by atoms with E-state index in [4.69, 9.17) is 9.26 Å². The van der Waals surface area contributed by atoms with Crippen LogP contribution in [0.4, 0.5) is 0 Å². The minimum absolute atomic E-state index is 0.00122. The van der Waals surface area contributed by atoms with E-state index in [9.17, 15) is 18.0 Å². The van der Waals surface area contributed by atoms with E-state index in [2.05, 4.69) is 21.0 Å². The molecule has 1 saturated heterocycles. The van der Waals surface area contributed by atoms with Gasteiger partial charge in [0.05, 0.1) is 23.0 Å². The Balaban J connectivity index is 1.29. The topological polar surface area (TPSA) is 144 Å². The molecule has 0 saturated carbocycles. The molecule has 0 atom stereocenters. The summed E-state index contributed by atoms with van der Waals surface area (Å²) in [6, 6.07) is 9.38. The number of sulfonamides is 1. The molecule has 1 aliphatic rings. The zero-order valence-electron chi connectivity index (χ0n) is 17.4. The molecule has 13 heteroatoms. The standard InChI is InChI=1S/C20H21N5O6S2/c26-17(6-7-18-21-19(24-31-18)16-5-2-12-32-16)22-23-20(27)14-3-1-4-15(13-14)33(28,29)25-8-10-30-11-9-25/h1-5,12-13H,6-11H2,(H,22,26)(H,23,27). The van der Waals surface area contributed by atoms with E-state index >= 15 is 0 Å². The molecule has 3 aromatic rings. The average molecular weight is 492 g/mol. The highest BCUT2D eigenvalue weighted by Gasteiger charge is 2.27. The normalized spacial score (nSPS) is 14.7. The van der Waals surface area contributed by atoms with Crippen molar-refractivity contribution in [2.45, 2.75) is 17.7 Å². The van der Waals surface area contributed by atoms with Crippen molar-refractivity contribution in [3.8, 4) is 10.7 Å². The first kappa shape index (κ1) is 23.0. The van der Waals surface area contributed by atoms with Crippen LogP contribution in [-0.2, 0) is 26.0 Å². The van der Waals surface area contributed by atoms with Crippen molar-refractivity contribution in [2.24, 2.45) is 0 Å². The molecule has 33 heavy (non-hydrogen) atoms. The van der Waals surface area contributed by atoms with Gasteiger partial charge in [-0.2, -0.15) is 9.29 Å². The SMILES string of the molecule is O=C(CCc1nc(-c2cccs2)no1)NNC(=O)c1cccc(S(=O)(=O)N2CCOCC2)c1. The molecular formula is C20H21N5O6S2. The second-order valence-electron chi connectivity index (χ2n) is 7.04. The molecule has 1 aromatic carbocycles. The van der Waals surface area contributed by atoms with Gasteiger partial charge in [0.25, 0.3) is 5.91 Å². The molecule has 2 aromatic heterocycles. The van der Waals surface area contributed by atoms with Crippen LogP contribution in [0.2, 0.25) is 0 Å². The van der Waals surface area contributed by atoms with Crippen molar-refractivity contribution in [3.05, 3.63) is 53.2 Å². The lowest BCUT2D eigenvalue weighted by atomic mass is 10.2. The molecule has 2 amide bonds. The van der Waals surface area contributed by atoms with Gasteiger partial charge in [-0.15, -0.1) is 11.3 Å². The molecular weight excluding hydrogens is 470 g/mol. The number of morpholine rings is 1. The van der Waals surface area contributed by atoms with Crippen LogP contribution < -0.4 is 10.9 Å². The summed E-state index contributed by atoms with van der Waals surface area (Å²) in [5, 5.41) is 5.77. The number of benzene rings is 1. The first-order chi connectivity index (χ1) is 15.9. The van der Waals surface area contributed by atoms with Gasteiger partial charge in [-0.25, -0.2) is 8.42 Å². The number of amides is 2. The number of hydrazine groups is 1. The minimum Gasteiger partial charge on any atom is -0.379 e. The first-order valence-corrected chi connectivity index (χ1v) is 12.4. The average Bonchev–Trinajstić information content (AvgIpc) is 3.54. The van der Waals surface area contributed by atoms with Gasteiger partial charge in [-0.05, 0) is 29.6 Å². The molecule has 0 spiro atoms. The number of aryl methyl sites for hydroxylation is 1. The number of hydrogen-bond donors (Lipinski definition) is 2. The summed E-state index contributed by atoms with van der Waals surface area (Å²) in [4.78, 5) is 29.6. The molecule has 0 radical (unpaired) electrons. The van der Waals surface area contributed by atoms with Crippen molar-refractivity contribution < 1.29 is 27.3 Å². The highest BCUT2D eigenvalue weighted by atomic mass is 32.2. The molecule has 3 heterocycles. The van der Waals surface area contributed by atoms with E-state index in [1.807, 2.05) is 17.5 Å². The first-order valence-electron chi connectivity index (χ1n) is 10.1. The number of thiophene rings is 1. The number of rotatable bonds is 7. The maximum Gasteiger partial charge on any atom is 0.269 e. The molecule has 4 rings (SSSR count). The van der Waals surface area contributed by atoms with Gasteiger partial charge in [0.2, 0.25) is 27.6 Å². The monoisotopic (exact) mass is 491 g/mol. The van der Waals surface area contributed by atoms with Crippen LogP contribution in [0, 0.1) is 0 Å². The second kappa shape index (κ2) is 10.2. The van der Waals surface area contributed by atoms with Crippen LogP contribution >= 0.6 is 11.3 Å². The van der Waals surface area contributed by atoms with E-state index < -0.39 is 21.8 Å². The number of ether oxygens (including phenoxy) is 1. The Bertz CT molecular complexity index is 1220. The van der Waals surface area contributed by atoms with Gasteiger partial charge < -0.3 is 9.26 Å². The maximum absolute atomic E-state index is 12.8. The molecule has 2 N–H and O–H groups in total. The number of aromatic nitrogens is 2. The van der Waals surface area contributed by atoms with Crippen LogP contribution in [0.3, 0.4) is 0 Å². The molecule has 11 nitrogen and oxygen atoms in total. The number of hydrogen-bond acceptors (Lipinski definition) is 9. The van der Waals surface area contributed by atoms with Crippen LogP contribution in [-0.4, -0.2) is 61.0 Å². The fourth-order valence-corrected chi connectivity index (χ4v) is 5.18.